The molecule has 3 aliphatic heterocycles. The van der Waals surface area contributed by atoms with E-state index in [2.05, 4.69) is 51.2 Å². The highest BCUT2D eigenvalue weighted by Crippen LogP contribution is 2.27. The lowest BCUT2D eigenvalue weighted by atomic mass is 10.1. The summed E-state index contributed by atoms with van der Waals surface area (Å²) in [5, 5.41) is 0. The van der Waals surface area contributed by atoms with Crippen molar-refractivity contribution in [2.75, 3.05) is 32.7 Å². The first-order chi connectivity index (χ1) is 9.06. The monoisotopic (exact) mass is 374 g/mol. The van der Waals surface area contributed by atoms with E-state index in [4.69, 9.17) is 4.98 Å². The maximum absolute atomic E-state index is 12.1. The van der Waals surface area contributed by atoms with Crippen molar-refractivity contribution in [1.82, 2.24) is 19.8 Å². The van der Waals surface area contributed by atoms with Crippen LogP contribution in [0.1, 0.15) is 37.3 Å². The van der Waals surface area contributed by atoms with Crippen molar-refractivity contribution in [3.8, 4) is 0 Å². The van der Waals surface area contributed by atoms with Gasteiger partial charge in [0, 0.05) is 32.7 Å². The highest BCUT2D eigenvalue weighted by atomic mass is 127. The topological polar surface area (TPSA) is 52.2 Å². The molecule has 2 bridgehead atoms. The van der Waals surface area contributed by atoms with E-state index < -0.39 is 0 Å². The lowest BCUT2D eigenvalue weighted by Crippen LogP contribution is -2.57. The average molecular weight is 374 g/mol. The van der Waals surface area contributed by atoms with Crippen molar-refractivity contribution in [3.63, 3.8) is 0 Å². The zero-order chi connectivity index (χ0) is 13.6. The number of aromatic amines is 1. The predicted octanol–water partition coefficient (Wildman–Crippen LogP) is 1.17. The highest BCUT2D eigenvalue weighted by Gasteiger charge is 2.34. The van der Waals surface area contributed by atoms with Crippen molar-refractivity contribution < 1.29 is 0 Å². The summed E-state index contributed by atoms with van der Waals surface area (Å²) in [5.74, 6) is 1.13. The summed E-state index contributed by atoms with van der Waals surface area (Å²) in [6.45, 7) is 9.61. The van der Waals surface area contributed by atoms with E-state index in [1.807, 2.05) is 0 Å². The number of H-pyrrole nitrogens is 1. The minimum absolute atomic E-state index is 0.00643. The van der Waals surface area contributed by atoms with Crippen LogP contribution in [0.15, 0.2) is 4.79 Å². The Morgan fingerprint density at radius 1 is 1.32 bits per heavy atom. The van der Waals surface area contributed by atoms with Gasteiger partial charge in [0.05, 0.1) is 15.3 Å². The summed E-state index contributed by atoms with van der Waals surface area (Å²) < 4.78 is 0.729. The van der Waals surface area contributed by atoms with Gasteiger partial charge in [-0.2, -0.15) is 0 Å². The predicted molar refractivity (Wildman–Crippen MR) is 82.4 cm³/mol. The van der Waals surface area contributed by atoms with Gasteiger partial charge in [0.1, 0.15) is 5.82 Å². The third kappa shape index (κ3) is 2.45. The molecule has 1 atom stereocenters. The fraction of sp³-hybridized carbons (Fsp3) is 0.692. The standard InChI is InChI=1S/C13H19IN4O/c1-8(2)11-10(14)13(19)16-12(15-11)9-7-17-3-5-18(9)6-4-17/h8-9H,3-7H2,1-2H3,(H,15,16,19). The molecule has 1 aromatic rings. The number of nitrogens with one attached hydrogen (secondary N) is 1. The maximum Gasteiger partial charge on any atom is 0.264 e. The van der Waals surface area contributed by atoms with Crippen LogP contribution in [0.3, 0.4) is 0 Å². The molecule has 3 aliphatic rings. The molecule has 5 nitrogen and oxygen atoms in total. The molecule has 0 saturated carbocycles. The number of rotatable bonds is 2. The second-order valence-corrected chi connectivity index (χ2v) is 6.74. The highest BCUT2D eigenvalue weighted by molar-refractivity contribution is 14.1. The molecule has 0 spiro atoms. The first-order valence-corrected chi connectivity index (χ1v) is 7.90. The normalized spacial score (nSPS) is 30.0. The molecule has 3 saturated heterocycles. The van der Waals surface area contributed by atoms with Crippen LogP contribution < -0.4 is 5.56 Å². The second-order valence-electron chi connectivity index (χ2n) is 5.66. The third-order valence-corrected chi connectivity index (χ3v) is 5.09. The van der Waals surface area contributed by atoms with Gasteiger partial charge in [-0.1, -0.05) is 13.8 Å². The summed E-state index contributed by atoms with van der Waals surface area (Å²) in [6.07, 6.45) is 0. The Kier molecular flexibility index (Phi) is 3.65. The van der Waals surface area contributed by atoms with Crippen LogP contribution in [0, 0.1) is 3.57 Å². The lowest BCUT2D eigenvalue weighted by molar-refractivity contribution is 0.00842. The van der Waals surface area contributed by atoms with E-state index in [-0.39, 0.29) is 17.5 Å². The molecule has 19 heavy (non-hydrogen) atoms. The van der Waals surface area contributed by atoms with Crippen molar-refractivity contribution in [2.45, 2.75) is 25.8 Å². The molecule has 4 rings (SSSR count). The second kappa shape index (κ2) is 5.14. The van der Waals surface area contributed by atoms with Crippen LogP contribution in [0.2, 0.25) is 0 Å². The Morgan fingerprint density at radius 2 is 2.00 bits per heavy atom. The summed E-state index contributed by atoms with van der Waals surface area (Å²) in [5.41, 5.74) is 0.934. The fourth-order valence-corrected chi connectivity index (χ4v) is 3.79. The molecule has 0 radical (unpaired) electrons. The molecule has 0 aromatic carbocycles. The minimum atomic E-state index is 0.00643. The summed E-state index contributed by atoms with van der Waals surface area (Å²) >= 11 is 2.10. The zero-order valence-electron chi connectivity index (χ0n) is 11.3. The van der Waals surface area contributed by atoms with Crippen LogP contribution in [0.5, 0.6) is 0 Å². The zero-order valence-corrected chi connectivity index (χ0v) is 13.5. The van der Waals surface area contributed by atoms with Gasteiger partial charge in [0.15, 0.2) is 0 Å². The maximum atomic E-state index is 12.1. The summed E-state index contributed by atoms with van der Waals surface area (Å²) in [7, 11) is 0. The number of piperazine rings is 3. The van der Waals surface area contributed by atoms with E-state index in [0.29, 0.717) is 0 Å². The van der Waals surface area contributed by atoms with Crippen LogP contribution in [-0.4, -0.2) is 52.5 Å². The Morgan fingerprint density at radius 3 is 2.53 bits per heavy atom. The Balaban J connectivity index is 1.99. The SMILES string of the molecule is CC(C)c1nc(C2CN3CCN2CC3)[nH]c(=O)c1I. The van der Waals surface area contributed by atoms with E-state index in [9.17, 15) is 4.79 Å². The van der Waals surface area contributed by atoms with Gasteiger partial charge in [0.25, 0.3) is 5.56 Å². The van der Waals surface area contributed by atoms with Gasteiger partial charge in [-0.25, -0.2) is 4.98 Å². The molecule has 4 heterocycles. The van der Waals surface area contributed by atoms with Gasteiger partial charge in [-0.05, 0) is 28.5 Å². The van der Waals surface area contributed by atoms with Gasteiger partial charge in [-0.3, -0.25) is 14.6 Å². The van der Waals surface area contributed by atoms with Gasteiger partial charge in [0.2, 0.25) is 0 Å². The van der Waals surface area contributed by atoms with E-state index in [1.165, 1.54) is 0 Å². The van der Waals surface area contributed by atoms with Gasteiger partial charge >= 0.3 is 0 Å². The van der Waals surface area contributed by atoms with Crippen molar-refractivity contribution in [2.24, 2.45) is 0 Å². The first kappa shape index (κ1) is 13.5. The lowest BCUT2D eigenvalue weighted by Gasteiger charge is -2.46. The van der Waals surface area contributed by atoms with E-state index in [1.54, 1.807) is 0 Å². The summed E-state index contributed by atoms with van der Waals surface area (Å²) in [4.78, 5) is 24.7. The number of hydrogen-bond acceptors (Lipinski definition) is 4. The van der Waals surface area contributed by atoms with Crippen LogP contribution in [-0.2, 0) is 0 Å². The third-order valence-electron chi connectivity index (χ3n) is 4.05. The summed E-state index contributed by atoms with van der Waals surface area (Å²) in [6, 6.07) is 0.254. The van der Waals surface area contributed by atoms with E-state index in [0.717, 1.165) is 47.8 Å². The van der Waals surface area contributed by atoms with Gasteiger partial charge < -0.3 is 4.98 Å². The van der Waals surface area contributed by atoms with Crippen LogP contribution >= 0.6 is 22.6 Å². The van der Waals surface area contributed by atoms with E-state index >= 15 is 0 Å². The number of nitrogens with zero attached hydrogens (tertiary/aromatic N) is 3. The Hall–Kier alpha value is -0.470. The number of aromatic nitrogens is 2. The van der Waals surface area contributed by atoms with Crippen molar-refractivity contribution >= 4 is 22.6 Å². The smallest absolute Gasteiger partial charge is 0.264 e. The van der Waals surface area contributed by atoms with Crippen LogP contribution in [0.25, 0.3) is 0 Å². The first-order valence-electron chi connectivity index (χ1n) is 6.82. The molecule has 0 aliphatic carbocycles. The molecule has 0 amide bonds. The molecule has 1 unspecified atom stereocenters. The molecular formula is C13H19IN4O. The van der Waals surface area contributed by atoms with Crippen molar-refractivity contribution in [3.05, 3.63) is 25.4 Å². The largest absolute Gasteiger partial charge is 0.308 e. The molecule has 1 aromatic heterocycles. The Labute approximate surface area is 126 Å². The van der Waals surface area contributed by atoms with Gasteiger partial charge in [-0.15, -0.1) is 0 Å². The quantitative estimate of drug-likeness (QED) is 0.790. The number of hydrogen-bond donors (Lipinski definition) is 1. The Bertz CT molecular complexity index is 534. The molecular weight excluding hydrogens is 355 g/mol. The van der Waals surface area contributed by atoms with Crippen LogP contribution in [0.4, 0.5) is 0 Å². The van der Waals surface area contributed by atoms with Crippen molar-refractivity contribution in [1.29, 1.82) is 0 Å². The minimum Gasteiger partial charge on any atom is -0.308 e. The number of fused-ring (bicyclic) bond motifs is 3. The molecule has 104 valence electrons. The molecule has 1 N–H and O–H groups in total. The fourth-order valence-electron chi connectivity index (χ4n) is 2.91. The molecule has 6 heteroatoms. The number of halogens is 1. The average Bonchev–Trinajstić information content (AvgIpc) is 2.42. The molecule has 3 fully saturated rings.